The van der Waals surface area contributed by atoms with E-state index < -0.39 is 0 Å². The molecule has 34 heavy (non-hydrogen) atoms. The van der Waals surface area contributed by atoms with Crippen molar-refractivity contribution >= 4 is 57.4 Å². The molecule has 0 spiro atoms. The van der Waals surface area contributed by atoms with Crippen LogP contribution in [0.15, 0.2) is 64.4 Å². The number of piperazine rings is 1. The molecule has 1 aromatic carbocycles. The fourth-order valence-electron chi connectivity index (χ4n) is 4.32. The molecule has 0 atom stereocenters. The molecule has 174 valence electrons. The van der Waals surface area contributed by atoms with Crippen molar-refractivity contribution in [1.29, 1.82) is 0 Å². The number of hydrogen-bond acceptors (Lipinski definition) is 7. The lowest BCUT2D eigenvalue weighted by molar-refractivity contribution is -0.122. The molecule has 2 aliphatic rings. The molecule has 1 amide bonds. The summed E-state index contributed by atoms with van der Waals surface area (Å²) in [5.74, 6) is 0.471. The summed E-state index contributed by atoms with van der Waals surface area (Å²) in [6, 6.07) is 15.8. The maximum atomic E-state index is 13.5. The van der Waals surface area contributed by atoms with E-state index in [0.717, 1.165) is 32.6 Å². The summed E-state index contributed by atoms with van der Waals surface area (Å²) >= 11 is 6.67. The molecule has 3 aromatic rings. The van der Waals surface area contributed by atoms with E-state index in [4.69, 9.17) is 17.2 Å². The SMILES string of the molecule is CCCN1C(=O)C(=Cc2c(N3CCN(c4ccccc4)CC3)nc3ccccn3c2=O)SC1=S. The van der Waals surface area contributed by atoms with Crippen LogP contribution in [0.1, 0.15) is 18.9 Å². The Balaban J connectivity index is 1.52. The van der Waals surface area contributed by atoms with Crippen LogP contribution < -0.4 is 15.4 Å². The zero-order valence-electron chi connectivity index (χ0n) is 18.9. The third-order valence-corrected chi connectivity index (χ3v) is 7.42. The Morgan fingerprint density at radius 3 is 2.44 bits per heavy atom. The molecule has 2 aromatic heterocycles. The highest BCUT2D eigenvalue weighted by Crippen LogP contribution is 2.33. The van der Waals surface area contributed by atoms with Crippen LogP contribution in [0, 0.1) is 0 Å². The van der Waals surface area contributed by atoms with Gasteiger partial charge < -0.3 is 9.80 Å². The van der Waals surface area contributed by atoms with Crippen molar-refractivity contribution in [2.24, 2.45) is 0 Å². The van der Waals surface area contributed by atoms with Gasteiger partial charge in [0.05, 0.1) is 10.5 Å². The standard InChI is InChI=1S/C25H25N5O2S2/c1-2-11-30-24(32)20(34-25(30)33)17-19-22(26-21-10-6-7-12-29(21)23(19)31)28-15-13-27(14-16-28)18-8-4-3-5-9-18/h3-10,12,17H,2,11,13-16H2,1H3. The van der Waals surface area contributed by atoms with Crippen molar-refractivity contribution in [2.45, 2.75) is 13.3 Å². The smallest absolute Gasteiger partial charge is 0.267 e. The van der Waals surface area contributed by atoms with Gasteiger partial charge in [-0.15, -0.1) is 0 Å². The van der Waals surface area contributed by atoms with Crippen LogP contribution in [0.2, 0.25) is 0 Å². The first-order valence-corrected chi connectivity index (χ1v) is 12.6. The van der Waals surface area contributed by atoms with Gasteiger partial charge in [0, 0.05) is 44.6 Å². The summed E-state index contributed by atoms with van der Waals surface area (Å²) in [5, 5.41) is 0. The van der Waals surface area contributed by atoms with Crippen molar-refractivity contribution in [3.63, 3.8) is 0 Å². The number of thioether (sulfide) groups is 1. The van der Waals surface area contributed by atoms with E-state index in [1.807, 2.05) is 37.3 Å². The van der Waals surface area contributed by atoms with E-state index in [0.29, 0.717) is 32.8 Å². The lowest BCUT2D eigenvalue weighted by Gasteiger charge is -2.37. The maximum Gasteiger partial charge on any atom is 0.267 e. The first kappa shape index (κ1) is 22.6. The van der Waals surface area contributed by atoms with E-state index in [2.05, 4.69) is 21.9 Å². The summed E-state index contributed by atoms with van der Waals surface area (Å²) < 4.78 is 2.06. The van der Waals surface area contributed by atoms with Crippen LogP contribution in [-0.4, -0.2) is 57.2 Å². The van der Waals surface area contributed by atoms with E-state index in [1.165, 1.54) is 21.8 Å². The van der Waals surface area contributed by atoms with Crippen LogP contribution >= 0.6 is 24.0 Å². The molecule has 7 nitrogen and oxygen atoms in total. The van der Waals surface area contributed by atoms with E-state index in [-0.39, 0.29) is 11.5 Å². The van der Waals surface area contributed by atoms with Crippen molar-refractivity contribution in [1.82, 2.24) is 14.3 Å². The highest BCUT2D eigenvalue weighted by atomic mass is 32.2. The Labute approximate surface area is 207 Å². The average molecular weight is 492 g/mol. The van der Waals surface area contributed by atoms with Gasteiger partial charge in [-0.25, -0.2) is 4.98 Å². The van der Waals surface area contributed by atoms with E-state index in [9.17, 15) is 9.59 Å². The second-order valence-corrected chi connectivity index (χ2v) is 9.90. The first-order valence-electron chi connectivity index (χ1n) is 11.4. The Kier molecular flexibility index (Phi) is 6.38. The van der Waals surface area contributed by atoms with Gasteiger partial charge in [0.1, 0.15) is 15.8 Å². The molecular weight excluding hydrogens is 466 g/mol. The maximum absolute atomic E-state index is 13.5. The van der Waals surface area contributed by atoms with Crippen molar-refractivity contribution < 1.29 is 4.79 Å². The van der Waals surface area contributed by atoms with Gasteiger partial charge >= 0.3 is 0 Å². The number of fused-ring (bicyclic) bond motifs is 1. The zero-order chi connectivity index (χ0) is 23.7. The van der Waals surface area contributed by atoms with Gasteiger partial charge in [0.2, 0.25) is 0 Å². The van der Waals surface area contributed by atoms with Gasteiger partial charge in [0.25, 0.3) is 11.5 Å². The number of nitrogens with zero attached hydrogens (tertiary/aromatic N) is 5. The Morgan fingerprint density at radius 1 is 1.00 bits per heavy atom. The number of amides is 1. The number of anilines is 2. The number of hydrogen-bond donors (Lipinski definition) is 0. The lowest BCUT2D eigenvalue weighted by Crippen LogP contribution is -2.47. The number of pyridine rings is 1. The van der Waals surface area contributed by atoms with E-state index >= 15 is 0 Å². The van der Waals surface area contributed by atoms with Gasteiger partial charge in [0.15, 0.2) is 0 Å². The first-order chi connectivity index (χ1) is 16.6. The number of thiocarbonyl (C=S) groups is 1. The molecule has 2 aliphatic heterocycles. The minimum atomic E-state index is -0.188. The summed E-state index contributed by atoms with van der Waals surface area (Å²) in [4.78, 5) is 37.9. The third-order valence-electron chi connectivity index (χ3n) is 6.05. The molecule has 0 N–H and O–H groups in total. The number of carbonyl (C=O) groups is 1. The minimum Gasteiger partial charge on any atom is -0.368 e. The quantitative estimate of drug-likeness (QED) is 0.399. The van der Waals surface area contributed by atoms with Gasteiger partial charge in [-0.2, -0.15) is 0 Å². The summed E-state index contributed by atoms with van der Waals surface area (Å²) in [5.41, 5.74) is 2.01. The van der Waals surface area contributed by atoms with Crippen LogP contribution in [0.25, 0.3) is 11.7 Å². The van der Waals surface area contributed by atoms with Crippen molar-refractivity contribution in [2.75, 3.05) is 42.5 Å². The molecule has 2 fully saturated rings. The molecule has 0 saturated carbocycles. The molecule has 0 unspecified atom stereocenters. The minimum absolute atomic E-state index is 0.144. The highest BCUT2D eigenvalue weighted by molar-refractivity contribution is 8.26. The van der Waals surface area contributed by atoms with Crippen LogP contribution in [0.5, 0.6) is 0 Å². The number of para-hydroxylation sites is 1. The second kappa shape index (κ2) is 9.60. The summed E-state index contributed by atoms with van der Waals surface area (Å²) in [6.07, 6.45) is 4.21. The van der Waals surface area contributed by atoms with Crippen LogP contribution in [0.4, 0.5) is 11.5 Å². The molecule has 9 heteroatoms. The van der Waals surface area contributed by atoms with Crippen molar-refractivity contribution in [3.8, 4) is 0 Å². The monoisotopic (exact) mass is 491 g/mol. The second-order valence-electron chi connectivity index (χ2n) is 8.23. The fourth-order valence-corrected chi connectivity index (χ4v) is 5.61. The number of carbonyl (C=O) groups excluding carboxylic acids is 1. The number of aromatic nitrogens is 2. The predicted molar refractivity (Wildman–Crippen MR) is 142 cm³/mol. The normalized spacial score (nSPS) is 17.9. The molecule has 0 bridgehead atoms. The topological polar surface area (TPSA) is 61.2 Å². The van der Waals surface area contributed by atoms with Crippen molar-refractivity contribution in [3.05, 3.63) is 75.6 Å². The fraction of sp³-hybridized carbons (Fsp3) is 0.280. The van der Waals surface area contributed by atoms with Crippen LogP contribution in [-0.2, 0) is 4.79 Å². The largest absolute Gasteiger partial charge is 0.368 e. The zero-order valence-corrected chi connectivity index (χ0v) is 20.5. The molecule has 0 aliphatic carbocycles. The van der Waals surface area contributed by atoms with E-state index in [1.54, 1.807) is 23.2 Å². The Hall–Kier alpha value is -3.17. The predicted octanol–water partition coefficient (Wildman–Crippen LogP) is 3.63. The molecular formula is C25H25N5O2S2. The van der Waals surface area contributed by atoms with Crippen LogP contribution in [0.3, 0.4) is 0 Å². The molecule has 5 rings (SSSR count). The Morgan fingerprint density at radius 2 is 1.71 bits per heavy atom. The number of rotatable bonds is 5. The Bertz CT molecular complexity index is 1330. The summed E-state index contributed by atoms with van der Waals surface area (Å²) in [7, 11) is 0. The van der Waals surface area contributed by atoms with Gasteiger partial charge in [-0.1, -0.05) is 55.2 Å². The average Bonchev–Trinajstić information content (AvgIpc) is 3.14. The molecule has 0 radical (unpaired) electrons. The number of benzene rings is 1. The van der Waals surface area contributed by atoms with Gasteiger partial charge in [-0.3, -0.25) is 18.9 Å². The lowest BCUT2D eigenvalue weighted by atomic mass is 10.2. The molecule has 4 heterocycles. The third kappa shape index (κ3) is 4.21. The summed E-state index contributed by atoms with van der Waals surface area (Å²) in [6.45, 7) is 5.67. The van der Waals surface area contributed by atoms with Gasteiger partial charge in [-0.05, 0) is 36.8 Å². The highest BCUT2D eigenvalue weighted by Gasteiger charge is 2.32. The molecule has 2 saturated heterocycles.